The van der Waals surface area contributed by atoms with E-state index < -0.39 is 0 Å². The van der Waals surface area contributed by atoms with E-state index in [1.807, 2.05) is 11.8 Å². The lowest BCUT2D eigenvalue weighted by atomic mass is 10.0. The van der Waals surface area contributed by atoms with Crippen LogP contribution in [-0.4, -0.2) is 16.9 Å². The van der Waals surface area contributed by atoms with Crippen LogP contribution in [0.15, 0.2) is 16.8 Å². The first kappa shape index (κ1) is 9.88. The third kappa shape index (κ3) is 2.64. The number of thiophene rings is 1. The van der Waals surface area contributed by atoms with Crippen LogP contribution in [0.25, 0.3) is 0 Å². The van der Waals surface area contributed by atoms with E-state index in [0.717, 1.165) is 11.7 Å². The van der Waals surface area contributed by atoms with Gasteiger partial charge in [-0.2, -0.15) is 23.1 Å². The summed E-state index contributed by atoms with van der Waals surface area (Å²) in [5.74, 6) is 3.15. The minimum atomic E-state index is 0.420. The van der Waals surface area contributed by atoms with Crippen molar-refractivity contribution in [3.8, 4) is 0 Å². The Labute approximate surface area is 92.7 Å². The van der Waals surface area contributed by atoms with Crippen LogP contribution in [0.4, 0.5) is 0 Å². The van der Waals surface area contributed by atoms with Crippen LogP contribution >= 0.6 is 34.7 Å². The van der Waals surface area contributed by atoms with Gasteiger partial charge < -0.3 is 0 Å². The molecule has 3 heteroatoms. The molecule has 0 aromatic carbocycles. The molecule has 72 valence electrons. The maximum absolute atomic E-state index is 6.20. The van der Waals surface area contributed by atoms with Gasteiger partial charge in [-0.15, -0.1) is 11.6 Å². The van der Waals surface area contributed by atoms with Gasteiger partial charge in [0, 0.05) is 11.1 Å². The van der Waals surface area contributed by atoms with Crippen molar-refractivity contribution < 1.29 is 0 Å². The summed E-state index contributed by atoms with van der Waals surface area (Å²) in [6.45, 7) is 0. The lowest BCUT2D eigenvalue weighted by molar-refractivity contribution is 0.553. The molecule has 1 saturated heterocycles. The van der Waals surface area contributed by atoms with Crippen molar-refractivity contribution in [3.05, 3.63) is 22.4 Å². The van der Waals surface area contributed by atoms with Gasteiger partial charge in [-0.25, -0.2) is 0 Å². The Balaban J connectivity index is 1.79. The van der Waals surface area contributed by atoms with Gasteiger partial charge in [-0.1, -0.05) is 0 Å². The summed E-state index contributed by atoms with van der Waals surface area (Å²) in [5.41, 5.74) is 1.48. The Hall–Kier alpha value is 0.340. The minimum absolute atomic E-state index is 0.420. The molecule has 2 heterocycles. The summed E-state index contributed by atoms with van der Waals surface area (Å²) in [6, 6.07) is 2.22. The predicted molar refractivity (Wildman–Crippen MR) is 63.1 cm³/mol. The highest BCUT2D eigenvalue weighted by Crippen LogP contribution is 2.31. The first-order valence-corrected chi connectivity index (χ1v) is 7.12. The Morgan fingerprint density at radius 3 is 3.00 bits per heavy atom. The molecule has 0 N–H and O–H groups in total. The third-order valence-electron chi connectivity index (χ3n) is 2.50. The molecule has 0 aliphatic carbocycles. The van der Waals surface area contributed by atoms with Crippen molar-refractivity contribution in [2.24, 2.45) is 5.92 Å². The second kappa shape index (κ2) is 4.72. The summed E-state index contributed by atoms with van der Waals surface area (Å²) in [6.07, 6.45) is 2.47. The second-order valence-electron chi connectivity index (χ2n) is 3.48. The lowest BCUT2D eigenvalue weighted by Crippen LogP contribution is -2.12. The van der Waals surface area contributed by atoms with Crippen molar-refractivity contribution in [1.29, 1.82) is 0 Å². The molecule has 13 heavy (non-hydrogen) atoms. The summed E-state index contributed by atoms with van der Waals surface area (Å²) in [7, 11) is 0. The van der Waals surface area contributed by atoms with Crippen molar-refractivity contribution >= 4 is 34.7 Å². The zero-order valence-corrected chi connectivity index (χ0v) is 9.80. The fourth-order valence-electron chi connectivity index (χ4n) is 1.62. The molecule has 1 fully saturated rings. The first-order chi connectivity index (χ1) is 6.36. The van der Waals surface area contributed by atoms with Gasteiger partial charge in [-0.05, 0) is 46.9 Å². The topological polar surface area (TPSA) is 0 Å². The quantitative estimate of drug-likeness (QED) is 0.717. The van der Waals surface area contributed by atoms with Crippen LogP contribution in [0.3, 0.4) is 0 Å². The van der Waals surface area contributed by atoms with Crippen LogP contribution in [0.5, 0.6) is 0 Å². The lowest BCUT2D eigenvalue weighted by Gasteiger charge is -2.11. The summed E-state index contributed by atoms with van der Waals surface area (Å²) in [4.78, 5) is 0. The van der Waals surface area contributed by atoms with Crippen molar-refractivity contribution in [2.75, 3.05) is 11.5 Å². The normalized spacial score (nSPS) is 28.1. The van der Waals surface area contributed by atoms with Crippen LogP contribution in [-0.2, 0) is 6.42 Å². The Morgan fingerprint density at radius 1 is 1.46 bits per heavy atom. The van der Waals surface area contributed by atoms with E-state index in [2.05, 4.69) is 16.8 Å². The van der Waals surface area contributed by atoms with E-state index in [1.165, 1.54) is 24.2 Å². The molecular weight excluding hydrogens is 220 g/mol. The van der Waals surface area contributed by atoms with Crippen LogP contribution in [0.2, 0.25) is 0 Å². The maximum Gasteiger partial charge on any atom is 0.0462 e. The number of rotatable bonds is 3. The zero-order chi connectivity index (χ0) is 9.10. The Bertz CT molecular complexity index is 245. The highest BCUT2D eigenvalue weighted by atomic mass is 35.5. The van der Waals surface area contributed by atoms with E-state index in [-0.39, 0.29) is 0 Å². The molecule has 1 aliphatic rings. The number of thioether (sulfide) groups is 1. The maximum atomic E-state index is 6.20. The summed E-state index contributed by atoms with van der Waals surface area (Å²) >= 11 is 9.98. The van der Waals surface area contributed by atoms with Gasteiger partial charge in [0.15, 0.2) is 0 Å². The molecule has 1 aromatic rings. The number of hydrogen-bond acceptors (Lipinski definition) is 2. The molecular formula is C10H13ClS2. The third-order valence-corrected chi connectivity index (χ3v) is 5.19. The van der Waals surface area contributed by atoms with E-state index >= 15 is 0 Å². The largest absolute Gasteiger partial charge is 0.160 e. The highest BCUT2D eigenvalue weighted by molar-refractivity contribution is 7.99. The standard InChI is InChI=1S/C10H13ClS2/c11-10-7-13-6-9(10)2-1-8-3-4-12-5-8/h3-5,9-10H,1-2,6-7H2. The van der Waals surface area contributed by atoms with Crippen molar-refractivity contribution in [3.63, 3.8) is 0 Å². The van der Waals surface area contributed by atoms with Gasteiger partial charge in [0.2, 0.25) is 0 Å². The van der Waals surface area contributed by atoms with Crippen LogP contribution in [0, 0.1) is 5.92 Å². The predicted octanol–water partition coefficient (Wildman–Crippen LogP) is 3.65. The van der Waals surface area contributed by atoms with Crippen molar-refractivity contribution in [2.45, 2.75) is 18.2 Å². The smallest absolute Gasteiger partial charge is 0.0462 e. The number of aryl methyl sites for hydroxylation is 1. The molecule has 2 atom stereocenters. The molecule has 0 nitrogen and oxygen atoms in total. The van der Waals surface area contributed by atoms with E-state index in [1.54, 1.807) is 11.3 Å². The van der Waals surface area contributed by atoms with Crippen molar-refractivity contribution in [1.82, 2.24) is 0 Å². The molecule has 0 bridgehead atoms. The average Bonchev–Trinajstić information content (AvgIpc) is 2.72. The van der Waals surface area contributed by atoms with Gasteiger partial charge in [0.25, 0.3) is 0 Å². The van der Waals surface area contributed by atoms with E-state index in [9.17, 15) is 0 Å². The van der Waals surface area contributed by atoms with E-state index in [0.29, 0.717) is 5.38 Å². The van der Waals surface area contributed by atoms with Gasteiger partial charge in [0.1, 0.15) is 0 Å². The number of halogens is 1. The highest BCUT2D eigenvalue weighted by Gasteiger charge is 2.25. The van der Waals surface area contributed by atoms with Gasteiger partial charge in [0.05, 0.1) is 0 Å². The molecule has 2 rings (SSSR count). The minimum Gasteiger partial charge on any atom is -0.160 e. The molecule has 0 amide bonds. The average molecular weight is 233 g/mol. The first-order valence-electron chi connectivity index (χ1n) is 4.59. The molecule has 0 radical (unpaired) electrons. The molecule has 0 saturated carbocycles. The molecule has 2 unspecified atom stereocenters. The van der Waals surface area contributed by atoms with Crippen LogP contribution < -0.4 is 0 Å². The Kier molecular flexibility index (Phi) is 3.58. The number of hydrogen-bond donors (Lipinski definition) is 0. The van der Waals surface area contributed by atoms with E-state index in [4.69, 9.17) is 11.6 Å². The molecule has 1 aliphatic heterocycles. The van der Waals surface area contributed by atoms with Crippen LogP contribution in [0.1, 0.15) is 12.0 Å². The summed E-state index contributed by atoms with van der Waals surface area (Å²) < 4.78 is 0. The Morgan fingerprint density at radius 2 is 2.38 bits per heavy atom. The SMILES string of the molecule is ClC1CSCC1CCc1ccsc1. The fraction of sp³-hybridized carbons (Fsp3) is 0.600. The summed E-state index contributed by atoms with van der Waals surface area (Å²) in [5, 5.41) is 4.81. The number of alkyl halides is 1. The fourth-order valence-corrected chi connectivity index (χ4v) is 4.25. The zero-order valence-electron chi connectivity index (χ0n) is 7.41. The second-order valence-corrected chi connectivity index (χ2v) is 5.90. The molecule has 1 aromatic heterocycles. The van der Waals surface area contributed by atoms with Gasteiger partial charge in [-0.3, -0.25) is 0 Å². The molecule has 0 spiro atoms. The monoisotopic (exact) mass is 232 g/mol. The van der Waals surface area contributed by atoms with Gasteiger partial charge >= 0.3 is 0 Å².